The van der Waals surface area contributed by atoms with Crippen molar-refractivity contribution in [3.8, 4) is 5.88 Å². The van der Waals surface area contributed by atoms with E-state index in [4.69, 9.17) is 4.74 Å². The van der Waals surface area contributed by atoms with Crippen LogP contribution in [0.15, 0.2) is 48.7 Å². The third-order valence-corrected chi connectivity index (χ3v) is 5.90. The number of benzene rings is 1. The summed E-state index contributed by atoms with van der Waals surface area (Å²) >= 11 is 0. The van der Waals surface area contributed by atoms with E-state index in [2.05, 4.69) is 58.2 Å². The van der Waals surface area contributed by atoms with E-state index in [-0.39, 0.29) is 5.82 Å². The van der Waals surface area contributed by atoms with Crippen LogP contribution in [0.5, 0.6) is 5.88 Å². The third-order valence-electron chi connectivity index (χ3n) is 5.90. The molecule has 156 valence electrons. The van der Waals surface area contributed by atoms with Crippen LogP contribution < -0.4 is 4.74 Å². The Labute approximate surface area is 177 Å². The molecular weight excluding hydrogens is 377 g/mol. The molecule has 1 saturated heterocycles. The number of methoxy groups -OCH3 is 1. The second-order valence-electron chi connectivity index (χ2n) is 8.00. The fourth-order valence-electron chi connectivity index (χ4n) is 3.99. The minimum atomic E-state index is -0.292. The SMILES string of the molecule is COc1ccc2ncc(F)c(CCN3CCC(/C=C/c4ccc(C)cc4)CC3)c2n1. The van der Waals surface area contributed by atoms with Gasteiger partial charge >= 0.3 is 0 Å². The average molecular weight is 406 g/mol. The van der Waals surface area contributed by atoms with E-state index >= 15 is 0 Å². The highest BCUT2D eigenvalue weighted by atomic mass is 19.1. The zero-order chi connectivity index (χ0) is 20.9. The van der Waals surface area contributed by atoms with Crippen molar-refractivity contribution in [2.45, 2.75) is 26.2 Å². The van der Waals surface area contributed by atoms with Crippen molar-refractivity contribution < 1.29 is 9.13 Å². The number of piperidine rings is 1. The standard InChI is InChI=1S/C25H28FN3O/c1-18-3-5-19(6-4-18)7-8-20-11-14-29(15-12-20)16-13-21-22(26)17-27-23-9-10-24(30-2)28-25(21)23/h3-10,17,20H,11-16H2,1-2H3/b8-7+. The third kappa shape index (κ3) is 4.85. The van der Waals surface area contributed by atoms with Crippen molar-refractivity contribution >= 4 is 17.1 Å². The van der Waals surface area contributed by atoms with E-state index in [0.29, 0.717) is 34.8 Å². The number of rotatable bonds is 6. The van der Waals surface area contributed by atoms with Gasteiger partial charge in [-0.2, -0.15) is 0 Å². The first-order valence-corrected chi connectivity index (χ1v) is 10.6. The molecule has 3 aromatic rings. The Hall–Kier alpha value is -2.79. The molecule has 1 aromatic carbocycles. The van der Waals surface area contributed by atoms with Gasteiger partial charge in [-0.3, -0.25) is 4.98 Å². The number of ether oxygens (including phenoxy) is 1. The van der Waals surface area contributed by atoms with Crippen LogP contribution in [0.25, 0.3) is 17.1 Å². The Morgan fingerprint density at radius 2 is 1.90 bits per heavy atom. The topological polar surface area (TPSA) is 38.2 Å². The van der Waals surface area contributed by atoms with Crippen LogP contribution in [0.2, 0.25) is 0 Å². The van der Waals surface area contributed by atoms with Crippen LogP contribution >= 0.6 is 0 Å². The highest BCUT2D eigenvalue weighted by Gasteiger charge is 2.19. The second kappa shape index (κ2) is 9.35. The van der Waals surface area contributed by atoms with Gasteiger partial charge in [0.2, 0.25) is 5.88 Å². The molecule has 3 heterocycles. The van der Waals surface area contributed by atoms with Gasteiger partial charge in [0.1, 0.15) is 5.82 Å². The molecule has 0 radical (unpaired) electrons. The lowest BCUT2D eigenvalue weighted by atomic mass is 9.95. The first-order chi connectivity index (χ1) is 14.6. The molecule has 4 nitrogen and oxygen atoms in total. The van der Waals surface area contributed by atoms with Crippen molar-refractivity contribution in [3.05, 3.63) is 71.2 Å². The fraction of sp³-hybridized carbons (Fsp3) is 0.360. The molecule has 4 rings (SSSR count). The molecule has 0 bridgehead atoms. The van der Waals surface area contributed by atoms with Gasteiger partial charge in [-0.05, 0) is 56.8 Å². The van der Waals surface area contributed by atoms with Crippen LogP contribution in [-0.2, 0) is 6.42 Å². The van der Waals surface area contributed by atoms with E-state index in [9.17, 15) is 4.39 Å². The van der Waals surface area contributed by atoms with Crippen molar-refractivity contribution in [2.24, 2.45) is 5.92 Å². The van der Waals surface area contributed by atoms with Crippen LogP contribution in [0, 0.1) is 18.7 Å². The maximum atomic E-state index is 14.5. The van der Waals surface area contributed by atoms with E-state index in [1.807, 2.05) is 6.07 Å². The number of pyridine rings is 2. The number of hydrogen-bond donors (Lipinski definition) is 0. The Morgan fingerprint density at radius 3 is 2.63 bits per heavy atom. The van der Waals surface area contributed by atoms with Crippen LogP contribution in [-0.4, -0.2) is 41.6 Å². The summed E-state index contributed by atoms with van der Waals surface area (Å²) in [6.07, 6.45) is 8.76. The number of nitrogens with zero attached hydrogens (tertiary/aromatic N) is 3. The van der Waals surface area contributed by atoms with Crippen molar-refractivity contribution in [1.82, 2.24) is 14.9 Å². The largest absolute Gasteiger partial charge is 0.481 e. The number of aromatic nitrogens is 2. The van der Waals surface area contributed by atoms with E-state index < -0.39 is 0 Å². The number of aryl methyl sites for hydroxylation is 1. The highest BCUT2D eigenvalue weighted by Crippen LogP contribution is 2.23. The molecule has 0 spiro atoms. The summed E-state index contributed by atoms with van der Waals surface area (Å²) in [6.45, 7) is 4.99. The van der Waals surface area contributed by atoms with E-state index in [0.717, 1.165) is 32.5 Å². The van der Waals surface area contributed by atoms with Gasteiger partial charge in [0.05, 0.1) is 24.3 Å². The number of allylic oxidation sites excluding steroid dienone is 1. The zero-order valence-corrected chi connectivity index (χ0v) is 17.6. The zero-order valence-electron chi connectivity index (χ0n) is 17.6. The Bertz CT molecular complexity index is 1020. The molecule has 1 aliphatic heterocycles. The number of halogens is 1. The Morgan fingerprint density at radius 1 is 1.13 bits per heavy atom. The van der Waals surface area contributed by atoms with Crippen LogP contribution in [0.4, 0.5) is 4.39 Å². The van der Waals surface area contributed by atoms with Crippen molar-refractivity contribution in [2.75, 3.05) is 26.7 Å². The molecule has 1 aliphatic rings. The van der Waals surface area contributed by atoms with Gasteiger partial charge in [-0.1, -0.05) is 42.0 Å². The normalized spacial score (nSPS) is 15.8. The predicted octanol–water partition coefficient (Wildman–Crippen LogP) is 5.05. The second-order valence-corrected chi connectivity index (χ2v) is 8.00. The molecule has 0 amide bonds. The summed E-state index contributed by atoms with van der Waals surface area (Å²) in [4.78, 5) is 11.0. The van der Waals surface area contributed by atoms with Gasteiger partial charge < -0.3 is 9.64 Å². The quantitative estimate of drug-likeness (QED) is 0.575. The summed E-state index contributed by atoms with van der Waals surface area (Å²) in [7, 11) is 1.57. The lowest BCUT2D eigenvalue weighted by Crippen LogP contribution is -2.34. The van der Waals surface area contributed by atoms with E-state index in [1.54, 1.807) is 13.2 Å². The molecular formula is C25H28FN3O. The molecule has 0 saturated carbocycles. The molecule has 0 atom stereocenters. The average Bonchev–Trinajstić information content (AvgIpc) is 2.78. The molecule has 0 unspecified atom stereocenters. The first-order valence-electron chi connectivity index (χ1n) is 10.6. The maximum absolute atomic E-state index is 14.5. The number of fused-ring (bicyclic) bond motifs is 1. The summed E-state index contributed by atoms with van der Waals surface area (Å²) in [5.74, 6) is 0.795. The summed E-state index contributed by atoms with van der Waals surface area (Å²) in [5.41, 5.74) is 4.47. The van der Waals surface area contributed by atoms with Gasteiger partial charge in [0.15, 0.2) is 0 Å². The summed E-state index contributed by atoms with van der Waals surface area (Å²) in [5, 5.41) is 0. The Kier molecular flexibility index (Phi) is 6.38. The van der Waals surface area contributed by atoms with Gasteiger partial charge in [-0.15, -0.1) is 0 Å². The molecule has 5 heteroatoms. The van der Waals surface area contributed by atoms with Crippen LogP contribution in [0.1, 0.15) is 29.5 Å². The van der Waals surface area contributed by atoms with Gasteiger partial charge in [-0.25, -0.2) is 9.37 Å². The van der Waals surface area contributed by atoms with Crippen molar-refractivity contribution in [3.63, 3.8) is 0 Å². The molecule has 0 N–H and O–H groups in total. The van der Waals surface area contributed by atoms with Crippen LogP contribution in [0.3, 0.4) is 0 Å². The lowest BCUT2D eigenvalue weighted by molar-refractivity contribution is 0.205. The van der Waals surface area contributed by atoms with Crippen molar-refractivity contribution in [1.29, 1.82) is 0 Å². The van der Waals surface area contributed by atoms with Gasteiger partial charge in [0, 0.05) is 18.2 Å². The minimum absolute atomic E-state index is 0.292. The minimum Gasteiger partial charge on any atom is -0.481 e. The first kappa shape index (κ1) is 20.5. The van der Waals surface area contributed by atoms with Gasteiger partial charge in [0.25, 0.3) is 0 Å². The van der Waals surface area contributed by atoms with E-state index in [1.165, 1.54) is 17.3 Å². The maximum Gasteiger partial charge on any atom is 0.213 e. The highest BCUT2D eigenvalue weighted by molar-refractivity contribution is 5.78. The smallest absolute Gasteiger partial charge is 0.213 e. The lowest BCUT2D eigenvalue weighted by Gasteiger charge is -2.30. The molecule has 30 heavy (non-hydrogen) atoms. The predicted molar refractivity (Wildman–Crippen MR) is 119 cm³/mol. The number of likely N-dealkylation sites (tertiary alicyclic amines) is 1. The summed E-state index contributed by atoms with van der Waals surface area (Å²) in [6, 6.07) is 12.2. The monoisotopic (exact) mass is 405 g/mol. The summed E-state index contributed by atoms with van der Waals surface area (Å²) < 4.78 is 19.7. The number of hydrogen-bond acceptors (Lipinski definition) is 4. The molecule has 2 aromatic heterocycles. The molecule has 1 fully saturated rings. The Balaban J connectivity index is 1.35. The fourth-order valence-corrected chi connectivity index (χ4v) is 3.99. The molecule has 0 aliphatic carbocycles.